The van der Waals surface area contributed by atoms with E-state index in [0.717, 1.165) is 31.5 Å². The minimum Gasteiger partial charge on any atom is -0.494 e. The van der Waals surface area contributed by atoms with Gasteiger partial charge in [0, 0.05) is 38.1 Å². The van der Waals surface area contributed by atoms with E-state index in [1.54, 1.807) is 24.4 Å². The topological polar surface area (TPSA) is 71.5 Å². The van der Waals surface area contributed by atoms with Gasteiger partial charge in [0.25, 0.3) is 0 Å². The summed E-state index contributed by atoms with van der Waals surface area (Å²) in [6.45, 7) is 2.35. The van der Waals surface area contributed by atoms with E-state index < -0.39 is 9.84 Å². The fourth-order valence-corrected chi connectivity index (χ4v) is 4.08. The van der Waals surface area contributed by atoms with E-state index in [4.69, 9.17) is 4.74 Å². The number of ether oxygens (including phenoxy) is 1. The van der Waals surface area contributed by atoms with Gasteiger partial charge in [-0.1, -0.05) is 6.07 Å². The average molecular weight is 393 g/mol. The Morgan fingerprint density at radius 2 is 2.04 bits per heavy atom. The number of piperidine rings is 1. The second kappa shape index (κ2) is 8.22. The second-order valence-corrected chi connectivity index (χ2v) is 8.77. The number of pyridine rings is 1. The molecule has 1 saturated heterocycles. The van der Waals surface area contributed by atoms with E-state index >= 15 is 0 Å². The first kappa shape index (κ1) is 19.6. The Kier molecular flexibility index (Phi) is 5.96. The van der Waals surface area contributed by atoms with Crippen molar-refractivity contribution >= 4 is 15.7 Å². The van der Waals surface area contributed by atoms with E-state index in [1.807, 2.05) is 6.07 Å². The molecule has 0 atom stereocenters. The molecule has 146 valence electrons. The number of nitrogens with zero attached hydrogens (tertiary/aromatic N) is 2. The smallest absolute Gasteiger partial charge is 0.179 e. The van der Waals surface area contributed by atoms with Gasteiger partial charge in [0.1, 0.15) is 10.7 Å². The van der Waals surface area contributed by atoms with Crippen molar-refractivity contribution in [3.8, 4) is 5.75 Å². The fraction of sp³-hybridized carbons (Fsp3) is 0.421. The van der Waals surface area contributed by atoms with Gasteiger partial charge in [0.2, 0.25) is 0 Å². The molecular formula is C19H24FN3O3S. The zero-order valence-corrected chi connectivity index (χ0v) is 16.3. The zero-order valence-electron chi connectivity index (χ0n) is 15.5. The number of nitrogens with one attached hydrogen (secondary N) is 1. The first-order chi connectivity index (χ1) is 12.9. The maximum atomic E-state index is 13.8. The van der Waals surface area contributed by atoms with Crippen molar-refractivity contribution in [2.45, 2.75) is 30.3 Å². The van der Waals surface area contributed by atoms with Crippen molar-refractivity contribution in [2.75, 3.05) is 31.8 Å². The highest BCUT2D eigenvalue weighted by Crippen LogP contribution is 2.23. The van der Waals surface area contributed by atoms with Gasteiger partial charge < -0.3 is 10.1 Å². The van der Waals surface area contributed by atoms with Crippen molar-refractivity contribution in [1.82, 2.24) is 9.88 Å². The zero-order chi connectivity index (χ0) is 19.4. The third kappa shape index (κ3) is 4.95. The van der Waals surface area contributed by atoms with E-state index in [9.17, 15) is 12.8 Å². The third-order valence-electron chi connectivity index (χ3n) is 4.72. The Morgan fingerprint density at radius 1 is 1.30 bits per heavy atom. The summed E-state index contributed by atoms with van der Waals surface area (Å²) in [5.41, 5.74) is 0.906. The first-order valence-corrected chi connectivity index (χ1v) is 10.7. The number of anilines is 1. The van der Waals surface area contributed by atoms with Gasteiger partial charge in [-0.2, -0.15) is 0 Å². The summed E-state index contributed by atoms with van der Waals surface area (Å²) >= 11 is 0. The normalized spacial score (nSPS) is 16.3. The Morgan fingerprint density at radius 3 is 2.67 bits per heavy atom. The molecule has 1 fully saturated rings. The number of halogens is 1. The van der Waals surface area contributed by atoms with Crippen LogP contribution in [-0.4, -0.2) is 50.8 Å². The molecule has 8 heteroatoms. The minimum absolute atomic E-state index is 0.157. The van der Waals surface area contributed by atoms with Crippen LogP contribution in [0.15, 0.2) is 41.4 Å². The predicted molar refractivity (Wildman–Crippen MR) is 102 cm³/mol. The quantitative estimate of drug-likeness (QED) is 0.814. The maximum absolute atomic E-state index is 13.8. The molecule has 2 aromatic rings. The van der Waals surface area contributed by atoms with Gasteiger partial charge in [0.15, 0.2) is 21.4 Å². The van der Waals surface area contributed by atoms with Gasteiger partial charge in [-0.05, 0) is 42.7 Å². The summed E-state index contributed by atoms with van der Waals surface area (Å²) in [6, 6.07) is 8.38. The summed E-state index contributed by atoms with van der Waals surface area (Å²) in [5.74, 6) is 0.310. The molecule has 0 amide bonds. The van der Waals surface area contributed by atoms with Gasteiger partial charge >= 0.3 is 0 Å². The van der Waals surface area contributed by atoms with Crippen LogP contribution < -0.4 is 10.1 Å². The summed E-state index contributed by atoms with van der Waals surface area (Å²) in [5, 5.41) is 3.27. The fourth-order valence-electron chi connectivity index (χ4n) is 3.29. The van der Waals surface area contributed by atoms with Crippen LogP contribution in [-0.2, 0) is 16.4 Å². The number of likely N-dealkylation sites (tertiary alicyclic amines) is 1. The monoisotopic (exact) mass is 393 g/mol. The number of methoxy groups -OCH3 is 1. The molecule has 27 heavy (non-hydrogen) atoms. The lowest BCUT2D eigenvalue weighted by Gasteiger charge is -2.32. The average Bonchev–Trinajstić information content (AvgIpc) is 2.63. The second-order valence-electron chi connectivity index (χ2n) is 6.79. The number of rotatable bonds is 6. The molecule has 0 radical (unpaired) electrons. The Bertz CT molecular complexity index is 897. The van der Waals surface area contributed by atoms with Crippen LogP contribution in [0.2, 0.25) is 0 Å². The number of aromatic nitrogens is 1. The largest absolute Gasteiger partial charge is 0.494 e. The lowest BCUT2D eigenvalue weighted by atomic mass is 10.0. The van der Waals surface area contributed by atoms with Crippen LogP contribution in [0.4, 0.5) is 10.2 Å². The number of benzene rings is 1. The molecule has 0 bridgehead atoms. The highest BCUT2D eigenvalue weighted by atomic mass is 32.2. The molecule has 3 rings (SSSR count). The van der Waals surface area contributed by atoms with Gasteiger partial charge in [0.05, 0.1) is 7.11 Å². The predicted octanol–water partition coefficient (Wildman–Crippen LogP) is 2.71. The van der Waals surface area contributed by atoms with Crippen LogP contribution in [0, 0.1) is 5.82 Å². The van der Waals surface area contributed by atoms with Gasteiger partial charge in [-0.3, -0.25) is 4.90 Å². The van der Waals surface area contributed by atoms with E-state index in [-0.39, 0.29) is 22.5 Å². The molecule has 2 heterocycles. The number of sulfone groups is 1. The van der Waals surface area contributed by atoms with Crippen LogP contribution >= 0.6 is 0 Å². The first-order valence-electron chi connectivity index (χ1n) is 8.83. The molecule has 1 aromatic carbocycles. The molecule has 0 aliphatic carbocycles. The highest BCUT2D eigenvalue weighted by Gasteiger charge is 2.22. The Hall–Kier alpha value is -2.19. The van der Waals surface area contributed by atoms with Crippen molar-refractivity contribution < 1.29 is 17.5 Å². The molecule has 0 saturated carbocycles. The molecule has 1 aliphatic heterocycles. The summed E-state index contributed by atoms with van der Waals surface area (Å²) in [4.78, 5) is 6.68. The standard InChI is InChI=1S/C19H24FN3O3S/c1-26-17-6-5-14(12-16(17)20)13-23-10-7-15(8-11-23)22-19-18(27(2,24)25)4-3-9-21-19/h3-6,9,12,15H,7-8,10-11,13H2,1-2H3,(H,21,22). The van der Waals surface area contributed by atoms with Crippen molar-refractivity contribution in [2.24, 2.45) is 0 Å². The van der Waals surface area contributed by atoms with Crippen LogP contribution in [0.1, 0.15) is 18.4 Å². The Balaban J connectivity index is 1.58. The van der Waals surface area contributed by atoms with Crippen LogP contribution in [0.25, 0.3) is 0 Å². The van der Waals surface area contributed by atoms with E-state index in [2.05, 4.69) is 15.2 Å². The Labute approximate surface area is 159 Å². The van der Waals surface area contributed by atoms with Crippen LogP contribution in [0.3, 0.4) is 0 Å². The summed E-state index contributed by atoms with van der Waals surface area (Å²) in [7, 11) is -1.88. The molecule has 1 N–H and O–H groups in total. The molecule has 0 unspecified atom stereocenters. The van der Waals surface area contributed by atoms with Crippen molar-refractivity contribution in [3.05, 3.63) is 47.9 Å². The van der Waals surface area contributed by atoms with E-state index in [1.165, 1.54) is 19.4 Å². The van der Waals surface area contributed by atoms with Crippen molar-refractivity contribution in [3.63, 3.8) is 0 Å². The number of hydrogen-bond donors (Lipinski definition) is 1. The molecular weight excluding hydrogens is 369 g/mol. The lowest BCUT2D eigenvalue weighted by molar-refractivity contribution is 0.210. The summed E-state index contributed by atoms with van der Waals surface area (Å²) < 4.78 is 42.6. The van der Waals surface area contributed by atoms with E-state index in [0.29, 0.717) is 12.4 Å². The highest BCUT2D eigenvalue weighted by molar-refractivity contribution is 7.90. The lowest BCUT2D eigenvalue weighted by Crippen LogP contribution is -2.39. The number of hydrogen-bond acceptors (Lipinski definition) is 6. The molecule has 1 aliphatic rings. The van der Waals surface area contributed by atoms with Gasteiger partial charge in [-0.25, -0.2) is 17.8 Å². The third-order valence-corrected chi connectivity index (χ3v) is 5.85. The minimum atomic E-state index is -3.33. The molecule has 0 spiro atoms. The molecule has 6 nitrogen and oxygen atoms in total. The van der Waals surface area contributed by atoms with Crippen LogP contribution in [0.5, 0.6) is 5.75 Å². The SMILES string of the molecule is COc1ccc(CN2CCC(Nc3ncccc3S(C)(=O)=O)CC2)cc1F. The van der Waals surface area contributed by atoms with Gasteiger partial charge in [-0.15, -0.1) is 0 Å². The maximum Gasteiger partial charge on any atom is 0.179 e. The molecule has 1 aromatic heterocycles. The van der Waals surface area contributed by atoms with Crippen molar-refractivity contribution in [1.29, 1.82) is 0 Å². The summed E-state index contributed by atoms with van der Waals surface area (Å²) in [6.07, 6.45) is 4.49.